The van der Waals surface area contributed by atoms with Crippen LogP contribution in [0.15, 0.2) is 42.5 Å². The summed E-state index contributed by atoms with van der Waals surface area (Å²) in [6.45, 7) is 1.77. The third-order valence-corrected chi connectivity index (χ3v) is 4.86. The Hall–Kier alpha value is -3.02. The summed E-state index contributed by atoms with van der Waals surface area (Å²) < 4.78 is 10.8. The molecule has 148 valence electrons. The Morgan fingerprint density at radius 1 is 1.00 bits per heavy atom. The number of methoxy groups -OCH3 is 1. The van der Waals surface area contributed by atoms with Crippen molar-refractivity contribution in [3.05, 3.63) is 48.0 Å². The Labute approximate surface area is 165 Å². The number of hydrogen-bond acceptors (Lipinski definition) is 4. The maximum absolute atomic E-state index is 12.5. The number of para-hydroxylation sites is 2. The summed E-state index contributed by atoms with van der Waals surface area (Å²) in [4.78, 5) is 24.9. The quantitative estimate of drug-likeness (QED) is 0.754. The number of ether oxygens (including phenoxy) is 2. The van der Waals surface area contributed by atoms with E-state index in [4.69, 9.17) is 9.47 Å². The van der Waals surface area contributed by atoms with Crippen LogP contribution in [-0.4, -0.2) is 25.5 Å². The lowest BCUT2D eigenvalue weighted by Crippen LogP contribution is -2.24. The molecule has 2 aromatic rings. The SMILES string of the molecule is COc1ccccc1OCC(=O)Nc1cc(C)ccc1NC(=O)C1CCCC1. The molecule has 0 aromatic heterocycles. The van der Waals surface area contributed by atoms with Gasteiger partial charge >= 0.3 is 0 Å². The maximum Gasteiger partial charge on any atom is 0.262 e. The van der Waals surface area contributed by atoms with Gasteiger partial charge in [-0.1, -0.05) is 31.0 Å². The molecule has 6 nitrogen and oxygen atoms in total. The van der Waals surface area contributed by atoms with Gasteiger partial charge in [-0.05, 0) is 49.6 Å². The Bertz CT molecular complexity index is 844. The zero-order valence-corrected chi connectivity index (χ0v) is 16.3. The second kappa shape index (κ2) is 9.26. The number of anilines is 2. The van der Waals surface area contributed by atoms with Gasteiger partial charge in [0.15, 0.2) is 18.1 Å². The van der Waals surface area contributed by atoms with Crippen LogP contribution in [0.3, 0.4) is 0 Å². The molecule has 0 heterocycles. The third-order valence-electron chi connectivity index (χ3n) is 4.86. The van der Waals surface area contributed by atoms with E-state index in [2.05, 4.69) is 10.6 Å². The molecule has 2 aromatic carbocycles. The van der Waals surface area contributed by atoms with E-state index in [0.29, 0.717) is 22.9 Å². The molecule has 6 heteroatoms. The van der Waals surface area contributed by atoms with Crippen molar-refractivity contribution < 1.29 is 19.1 Å². The predicted octanol–water partition coefficient (Wildman–Crippen LogP) is 4.15. The number of carbonyl (C=O) groups excluding carboxylic acids is 2. The van der Waals surface area contributed by atoms with Gasteiger partial charge in [-0.3, -0.25) is 9.59 Å². The average Bonchev–Trinajstić information content (AvgIpc) is 3.23. The van der Waals surface area contributed by atoms with Crippen molar-refractivity contribution >= 4 is 23.2 Å². The molecule has 1 saturated carbocycles. The van der Waals surface area contributed by atoms with Gasteiger partial charge in [-0.25, -0.2) is 0 Å². The fourth-order valence-corrected chi connectivity index (χ4v) is 3.36. The van der Waals surface area contributed by atoms with E-state index in [0.717, 1.165) is 31.2 Å². The molecule has 2 N–H and O–H groups in total. The fourth-order valence-electron chi connectivity index (χ4n) is 3.36. The minimum absolute atomic E-state index is 0.0159. The second-order valence-electron chi connectivity index (χ2n) is 7.01. The van der Waals surface area contributed by atoms with E-state index >= 15 is 0 Å². The summed E-state index contributed by atoms with van der Waals surface area (Å²) in [5.41, 5.74) is 2.16. The molecule has 0 atom stereocenters. The Balaban J connectivity index is 1.64. The van der Waals surface area contributed by atoms with Crippen molar-refractivity contribution in [3.63, 3.8) is 0 Å². The molecule has 1 aliphatic rings. The van der Waals surface area contributed by atoms with E-state index in [1.807, 2.05) is 37.3 Å². The topological polar surface area (TPSA) is 76.7 Å². The monoisotopic (exact) mass is 382 g/mol. The van der Waals surface area contributed by atoms with Crippen LogP contribution < -0.4 is 20.1 Å². The first-order valence-corrected chi connectivity index (χ1v) is 9.54. The van der Waals surface area contributed by atoms with Crippen molar-refractivity contribution in [2.24, 2.45) is 5.92 Å². The van der Waals surface area contributed by atoms with E-state index in [1.165, 1.54) is 0 Å². The molecule has 28 heavy (non-hydrogen) atoms. The zero-order chi connectivity index (χ0) is 19.9. The van der Waals surface area contributed by atoms with E-state index in [1.54, 1.807) is 19.2 Å². The van der Waals surface area contributed by atoms with E-state index < -0.39 is 0 Å². The number of aryl methyl sites for hydroxylation is 1. The Morgan fingerprint density at radius 3 is 2.43 bits per heavy atom. The predicted molar refractivity (Wildman–Crippen MR) is 109 cm³/mol. The number of amides is 2. The summed E-state index contributed by atoms with van der Waals surface area (Å²) in [7, 11) is 1.55. The minimum Gasteiger partial charge on any atom is -0.493 e. The van der Waals surface area contributed by atoms with Gasteiger partial charge < -0.3 is 20.1 Å². The van der Waals surface area contributed by atoms with Crippen LogP contribution in [0, 0.1) is 12.8 Å². The van der Waals surface area contributed by atoms with Crippen LogP contribution in [0.25, 0.3) is 0 Å². The first-order chi connectivity index (χ1) is 13.6. The number of benzene rings is 2. The summed E-state index contributed by atoms with van der Waals surface area (Å²) >= 11 is 0. The maximum atomic E-state index is 12.5. The van der Waals surface area contributed by atoms with Crippen molar-refractivity contribution in [2.45, 2.75) is 32.6 Å². The van der Waals surface area contributed by atoms with Gasteiger partial charge in [0.25, 0.3) is 5.91 Å². The molecular formula is C22H26N2O4. The molecule has 3 rings (SSSR count). The summed E-state index contributed by atoms with van der Waals surface area (Å²) in [6.07, 6.45) is 4.03. The van der Waals surface area contributed by atoms with Crippen LogP contribution in [0.1, 0.15) is 31.2 Å². The van der Waals surface area contributed by atoms with Gasteiger partial charge in [0, 0.05) is 5.92 Å². The third kappa shape index (κ3) is 5.03. The fraction of sp³-hybridized carbons (Fsp3) is 0.364. The number of nitrogens with one attached hydrogen (secondary N) is 2. The van der Waals surface area contributed by atoms with Crippen LogP contribution in [0.2, 0.25) is 0 Å². The lowest BCUT2D eigenvalue weighted by molar-refractivity contribution is -0.120. The van der Waals surface area contributed by atoms with E-state index in [9.17, 15) is 9.59 Å². The second-order valence-corrected chi connectivity index (χ2v) is 7.01. The largest absolute Gasteiger partial charge is 0.493 e. The number of rotatable bonds is 7. The zero-order valence-electron chi connectivity index (χ0n) is 16.3. The molecule has 0 saturated heterocycles. The molecule has 1 fully saturated rings. The summed E-state index contributed by atoms with van der Waals surface area (Å²) in [5.74, 6) is 0.822. The van der Waals surface area contributed by atoms with Gasteiger partial charge in [0.1, 0.15) is 0 Å². The first kappa shape index (κ1) is 19.7. The van der Waals surface area contributed by atoms with Gasteiger partial charge in [0.05, 0.1) is 18.5 Å². The van der Waals surface area contributed by atoms with Gasteiger partial charge in [-0.15, -0.1) is 0 Å². The highest BCUT2D eigenvalue weighted by atomic mass is 16.5. The standard InChI is InChI=1S/C22H26N2O4/c1-15-11-12-17(24-22(26)16-7-3-4-8-16)18(13-15)23-21(25)14-28-20-10-6-5-9-19(20)27-2/h5-6,9-13,16H,3-4,7-8,14H2,1-2H3,(H,23,25)(H,24,26). The smallest absolute Gasteiger partial charge is 0.262 e. The molecule has 0 unspecified atom stereocenters. The van der Waals surface area contributed by atoms with Gasteiger partial charge in [0.2, 0.25) is 5.91 Å². The highest BCUT2D eigenvalue weighted by Gasteiger charge is 2.23. The molecule has 2 amide bonds. The number of carbonyl (C=O) groups is 2. The molecule has 0 spiro atoms. The van der Waals surface area contributed by atoms with Gasteiger partial charge in [-0.2, -0.15) is 0 Å². The lowest BCUT2D eigenvalue weighted by Gasteiger charge is -2.16. The molecule has 0 radical (unpaired) electrons. The molecular weight excluding hydrogens is 356 g/mol. The highest BCUT2D eigenvalue weighted by Crippen LogP contribution is 2.29. The van der Waals surface area contributed by atoms with Crippen molar-refractivity contribution in [3.8, 4) is 11.5 Å². The van der Waals surface area contributed by atoms with Crippen LogP contribution in [0.4, 0.5) is 11.4 Å². The molecule has 0 aliphatic heterocycles. The van der Waals surface area contributed by atoms with Crippen molar-refractivity contribution in [1.82, 2.24) is 0 Å². The van der Waals surface area contributed by atoms with Crippen LogP contribution in [-0.2, 0) is 9.59 Å². The molecule has 0 bridgehead atoms. The first-order valence-electron chi connectivity index (χ1n) is 9.54. The summed E-state index contributed by atoms with van der Waals surface area (Å²) in [5, 5.41) is 5.80. The van der Waals surface area contributed by atoms with Crippen molar-refractivity contribution in [1.29, 1.82) is 0 Å². The Kier molecular flexibility index (Phi) is 6.53. The van der Waals surface area contributed by atoms with Crippen molar-refractivity contribution in [2.75, 3.05) is 24.4 Å². The lowest BCUT2D eigenvalue weighted by atomic mass is 10.1. The number of hydrogen-bond donors (Lipinski definition) is 2. The minimum atomic E-state index is -0.312. The molecule has 1 aliphatic carbocycles. The van der Waals surface area contributed by atoms with Crippen LogP contribution in [0.5, 0.6) is 11.5 Å². The average molecular weight is 382 g/mol. The van der Waals surface area contributed by atoms with E-state index in [-0.39, 0.29) is 24.3 Å². The normalized spacial score (nSPS) is 13.8. The summed E-state index contributed by atoms with van der Waals surface area (Å²) in [6, 6.07) is 12.7. The van der Waals surface area contributed by atoms with Crippen LogP contribution >= 0.6 is 0 Å². The Morgan fingerprint density at radius 2 is 1.71 bits per heavy atom. The highest BCUT2D eigenvalue weighted by molar-refractivity contribution is 6.00.